The summed E-state index contributed by atoms with van der Waals surface area (Å²) in [6, 6.07) is 16.5. The molecule has 0 unspecified atom stereocenters. The minimum Gasteiger partial charge on any atom is -0.497 e. The number of rotatable bonds is 7. The van der Waals surface area contributed by atoms with Crippen LogP contribution in [-0.2, 0) is 6.54 Å². The number of urea groups is 1. The van der Waals surface area contributed by atoms with E-state index >= 15 is 0 Å². The largest absolute Gasteiger partial charge is 0.497 e. The molecule has 0 radical (unpaired) electrons. The molecular formula is C31H41F2N5O2. The highest BCUT2D eigenvalue weighted by Gasteiger charge is 2.51. The van der Waals surface area contributed by atoms with Gasteiger partial charge in [-0.1, -0.05) is 24.3 Å². The number of nitrogens with zero attached hydrogens (tertiary/aromatic N) is 3. The van der Waals surface area contributed by atoms with E-state index in [-0.39, 0.29) is 24.4 Å². The highest BCUT2D eigenvalue weighted by Crippen LogP contribution is 2.41. The van der Waals surface area contributed by atoms with Crippen LogP contribution in [0.15, 0.2) is 48.5 Å². The average Bonchev–Trinajstić information content (AvgIpc) is 3.60. The first kappa shape index (κ1) is 27.4. The molecule has 3 heterocycles. The number of benzene rings is 2. The van der Waals surface area contributed by atoms with Crippen LogP contribution in [0.2, 0.25) is 0 Å². The number of carbonyl (C=O) groups is 1. The summed E-state index contributed by atoms with van der Waals surface area (Å²) in [5, 5.41) is 0. The van der Waals surface area contributed by atoms with Crippen molar-refractivity contribution in [1.29, 1.82) is 0 Å². The van der Waals surface area contributed by atoms with Crippen molar-refractivity contribution in [3.05, 3.63) is 59.7 Å². The van der Waals surface area contributed by atoms with E-state index in [1.807, 2.05) is 23.1 Å². The third kappa shape index (κ3) is 5.69. The number of likely N-dealkylation sites (tertiary alicyclic amines) is 1. The van der Waals surface area contributed by atoms with Gasteiger partial charge in [-0.05, 0) is 67.0 Å². The van der Waals surface area contributed by atoms with Gasteiger partial charge in [-0.25, -0.2) is 13.6 Å². The lowest BCUT2D eigenvalue weighted by Crippen LogP contribution is -2.54. The predicted octanol–water partition coefficient (Wildman–Crippen LogP) is 4.99. The van der Waals surface area contributed by atoms with Crippen LogP contribution in [0.3, 0.4) is 0 Å². The van der Waals surface area contributed by atoms with Crippen molar-refractivity contribution in [2.75, 3.05) is 51.3 Å². The third-order valence-electron chi connectivity index (χ3n) is 9.60. The SMILES string of the molecule is COc1cccc(CN2C(=O)N(c3ccc(C4CNNC4)cc3)CC23CCN(CC2CCC(F)(F)CC2)CC3)c1. The van der Waals surface area contributed by atoms with Gasteiger partial charge in [0.05, 0.1) is 19.2 Å². The minimum absolute atomic E-state index is 0.0137. The molecule has 0 atom stereocenters. The minimum atomic E-state index is -2.49. The number of alkyl halides is 2. The van der Waals surface area contributed by atoms with Gasteiger partial charge in [0.2, 0.25) is 5.92 Å². The fraction of sp³-hybridized carbons (Fsp3) is 0.581. The Morgan fingerprint density at radius 2 is 1.68 bits per heavy atom. The standard InChI is InChI=1S/C31H41F2N5O2/c1-40-28-4-2-3-24(17-28)21-38-29(39)37(27-7-5-25(6-8-27)26-18-34-35-19-26)22-30(38)13-15-36(16-14-30)20-23-9-11-31(32,33)12-10-23/h2-8,17,23,26,34-35H,9-16,18-22H2,1H3. The summed E-state index contributed by atoms with van der Waals surface area (Å²) in [5.74, 6) is -0.930. The normalized spacial score (nSPS) is 23.8. The molecule has 2 N–H and O–H groups in total. The molecule has 40 heavy (non-hydrogen) atoms. The summed E-state index contributed by atoms with van der Waals surface area (Å²) in [6.07, 6.45) is 2.98. The quantitative estimate of drug-likeness (QED) is 0.506. The van der Waals surface area contributed by atoms with Crippen LogP contribution in [0.4, 0.5) is 19.3 Å². The van der Waals surface area contributed by atoms with Gasteiger partial charge in [0, 0.05) is 63.7 Å². The summed E-state index contributed by atoms with van der Waals surface area (Å²) >= 11 is 0. The van der Waals surface area contributed by atoms with Crippen LogP contribution >= 0.6 is 0 Å². The van der Waals surface area contributed by atoms with E-state index in [9.17, 15) is 13.6 Å². The predicted molar refractivity (Wildman–Crippen MR) is 152 cm³/mol. The molecule has 2 amide bonds. The zero-order chi connectivity index (χ0) is 27.7. The lowest BCUT2D eigenvalue weighted by atomic mass is 9.83. The van der Waals surface area contributed by atoms with Crippen molar-refractivity contribution in [2.24, 2.45) is 5.92 Å². The zero-order valence-electron chi connectivity index (χ0n) is 23.4. The molecule has 4 fully saturated rings. The summed E-state index contributed by atoms with van der Waals surface area (Å²) in [5.41, 5.74) is 9.36. The fourth-order valence-electron chi connectivity index (χ4n) is 7.04. The lowest BCUT2D eigenvalue weighted by molar-refractivity contribution is -0.0505. The van der Waals surface area contributed by atoms with Crippen LogP contribution in [0.1, 0.15) is 55.6 Å². The number of methoxy groups -OCH3 is 1. The van der Waals surface area contributed by atoms with Gasteiger partial charge in [-0.15, -0.1) is 0 Å². The van der Waals surface area contributed by atoms with Crippen molar-refractivity contribution >= 4 is 11.7 Å². The second kappa shape index (κ2) is 11.3. The zero-order valence-corrected chi connectivity index (χ0v) is 23.4. The van der Waals surface area contributed by atoms with Crippen molar-refractivity contribution in [3.8, 4) is 5.75 Å². The second-order valence-corrected chi connectivity index (χ2v) is 12.2. The maximum absolute atomic E-state index is 14.1. The third-order valence-corrected chi connectivity index (χ3v) is 9.60. The number of nitrogens with one attached hydrogen (secondary N) is 2. The first-order valence-corrected chi connectivity index (χ1v) is 14.7. The van der Waals surface area contributed by atoms with Crippen molar-refractivity contribution in [3.63, 3.8) is 0 Å². The van der Waals surface area contributed by atoms with Gasteiger partial charge in [-0.2, -0.15) is 0 Å². The molecule has 3 aliphatic heterocycles. The van der Waals surface area contributed by atoms with E-state index in [1.54, 1.807) is 7.11 Å². The van der Waals surface area contributed by atoms with Crippen molar-refractivity contribution in [2.45, 2.75) is 62.4 Å². The van der Waals surface area contributed by atoms with E-state index in [0.29, 0.717) is 37.8 Å². The first-order chi connectivity index (χ1) is 19.3. The maximum atomic E-state index is 14.1. The number of carbonyl (C=O) groups excluding carboxylic acids is 1. The number of halogens is 2. The highest BCUT2D eigenvalue weighted by atomic mass is 19.3. The van der Waals surface area contributed by atoms with Crippen LogP contribution in [0.5, 0.6) is 5.75 Å². The van der Waals surface area contributed by atoms with Crippen LogP contribution in [-0.4, -0.2) is 73.7 Å². The van der Waals surface area contributed by atoms with E-state index in [2.05, 4.69) is 51.0 Å². The summed E-state index contributed by atoms with van der Waals surface area (Å²) in [6.45, 7) is 5.63. The van der Waals surface area contributed by atoms with E-state index in [1.165, 1.54) is 5.56 Å². The fourth-order valence-corrected chi connectivity index (χ4v) is 7.04. The Labute approximate surface area is 235 Å². The molecule has 1 aliphatic carbocycles. The Hall–Kier alpha value is -2.75. The molecule has 0 bridgehead atoms. The number of ether oxygens (including phenoxy) is 1. The summed E-state index contributed by atoms with van der Waals surface area (Å²) < 4.78 is 32.8. The molecule has 2 aromatic rings. The summed E-state index contributed by atoms with van der Waals surface area (Å²) in [4.78, 5) is 20.5. The average molecular weight is 554 g/mol. The summed E-state index contributed by atoms with van der Waals surface area (Å²) in [7, 11) is 1.66. The van der Waals surface area contributed by atoms with Gasteiger partial charge in [-0.3, -0.25) is 15.8 Å². The Kier molecular flexibility index (Phi) is 7.72. The van der Waals surface area contributed by atoms with Gasteiger partial charge in [0.25, 0.3) is 0 Å². The van der Waals surface area contributed by atoms with E-state index in [0.717, 1.165) is 62.6 Å². The van der Waals surface area contributed by atoms with Gasteiger partial charge in [0.1, 0.15) is 5.75 Å². The smallest absolute Gasteiger partial charge is 0.325 e. The number of anilines is 1. The number of hydrogen-bond donors (Lipinski definition) is 2. The second-order valence-electron chi connectivity index (χ2n) is 12.2. The Morgan fingerprint density at radius 1 is 0.975 bits per heavy atom. The molecule has 216 valence electrons. The van der Waals surface area contributed by atoms with Crippen LogP contribution in [0, 0.1) is 5.92 Å². The molecule has 7 nitrogen and oxygen atoms in total. The van der Waals surface area contributed by atoms with Crippen molar-refractivity contribution in [1.82, 2.24) is 20.7 Å². The van der Waals surface area contributed by atoms with Gasteiger partial charge >= 0.3 is 6.03 Å². The molecule has 3 saturated heterocycles. The molecule has 6 rings (SSSR count). The molecule has 9 heteroatoms. The Bertz CT molecular complexity index is 1170. The lowest BCUT2D eigenvalue weighted by Gasteiger charge is -2.45. The number of hydrazine groups is 1. The molecule has 0 aromatic heterocycles. The van der Waals surface area contributed by atoms with Gasteiger partial charge < -0.3 is 14.5 Å². The molecular weight excluding hydrogens is 512 g/mol. The van der Waals surface area contributed by atoms with E-state index in [4.69, 9.17) is 4.74 Å². The Morgan fingerprint density at radius 3 is 2.35 bits per heavy atom. The monoisotopic (exact) mass is 553 g/mol. The van der Waals surface area contributed by atoms with E-state index < -0.39 is 5.92 Å². The Balaban J connectivity index is 1.19. The number of hydrogen-bond acceptors (Lipinski definition) is 5. The number of amides is 2. The molecule has 1 saturated carbocycles. The topological polar surface area (TPSA) is 60.1 Å². The maximum Gasteiger partial charge on any atom is 0.325 e. The molecule has 1 spiro atoms. The number of piperidine rings is 1. The molecule has 2 aromatic carbocycles. The molecule has 4 aliphatic rings. The van der Waals surface area contributed by atoms with Crippen molar-refractivity contribution < 1.29 is 18.3 Å². The first-order valence-electron chi connectivity index (χ1n) is 14.7. The van der Waals surface area contributed by atoms with Crippen LogP contribution < -0.4 is 20.5 Å². The highest BCUT2D eigenvalue weighted by molar-refractivity contribution is 5.95. The van der Waals surface area contributed by atoms with Crippen LogP contribution in [0.25, 0.3) is 0 Å². The van der Waals surface area contributed by atoms with Gasteiger partial charge in [0.15, 0.2) is 0 Å².